The number of hydrogen-bond donors (Lipinski definition) is 0. The van der Waals surface area contributed by atoms with Crippen molar-refractivity contribution in [1.29, 1.82) is 0 Å². The Balaban J connectivity index is 1.76. The number of halogens is 1. The van der Waals surface area contributed by atoms with Crippen molar-refractivity contribution < 1.29 is 19.1 Å². The average molecular weight is 395 g/mol. The summed E-state index contributed by atoms with van der Waals surface area (Å²) in [5, 5.41) is 0. The molecule has 0 spiro atoms. The molecule has 6 nitrogen and oxygen atoms in total. The van der Waals surface area contributed by atoms with E-state index in [9.17, 15) is 14.4 Å². The van der Waals surface area contributed by atoms with E-state index >= 15 is 0 Å². The van der Waals surface area contributed by atoms with Crippen molar-refractivity contribution in [2.75, 3.05) is 31.3 Å². The van der Waals surface area contributed by atoms with Crippen LogP contribution in [0.15, 0.2) is 22.7 Å². The number of nitrogens with zero attached hydrogens (tertiary/aromatic N) is 2. The minimum absolute atomic E-state index is 0.175. The summed E-state index contributed by atoms with van der Waals surface area (Å²) in [6, 6.07) is 5.22. The Kier molecular flexibility index (Phi) is 5.01. The van der Waals surface area contributed by atoms with Crippen LogP contribution in [-0.4, -0.2) is 48.9 Å². The predicted octanol–water partition coefficient (Wildman–Crippen LogP) is 2.21. The van der Waals surface area contributed by atoms with Crippen molar-refractivity contribution in [3.05, 3.63) is 28.2 Å². The van der Waals surface area contributed by atoms with Gasteiger partial charge in [0.1, 0.15) is 0 Å². The number of ketones is 1. The lowest BCUT2D eigenvalue weighted by molar-refractivity contribution is -0.149. The molecule has 2 heterocycles. The number of fused-ring (bicyclic) bond motifs is 1. The average Bonchev–Trinajstić information content (AvgIpc) is 2.82. The van der Waals surface area contributed by atoms with Gasteiger partial charge in [-0.1, -0.05) is 6.07 Å². The number of Topliss-reactive ketones (excluding diaryl/α,β-unsaturated/α-hetero) is 1. The summed E-state index contributed by atoms with van der Waals surface area (Å²) < 4.78 is 5.83. The highest BCUT2D eigenvalue weighted by Crippen LogP contribution is 2.36. The van der Waals surface area contributed by atoms with Gasteiger partial charge in [0, 0.05) is 11.0 Å². The van der Waals surface area contributed by atoms with Crippen molar-refractivity contribution in [2.45, 2.75) is 19.8 Å². The Morgan fingerprint density at radius 1 is 1.38 bits per heavy atom. The number of likely N-dealkylation sites (tertiary alicyclic amines) is 1. The summed E-state index contributed by atoms with van der Waals surface area (Å²) in [6.45, 7) is 3.79. The van der Waals surface area contributed by atoms with Gasteiger partial charge in [0.2, 0.25) is 0 Å². The lowest BCUT2D eigenvalue weighted by atomic mass is 9.98. The molecule has 0 N–H and O–H groups in total. The molecule has 3 rings (SSSR count). The first-order valence-electron chi connectivity index (χ1n) is 8.06. The van der Waals surface area contributed by atoms with E-state index in [1.165, 1.54) is 4.90 Å². The molecule has 7 heteroatoms. The van der Waals surface area contributed by atoms with Crippen LogP contribution in [0.2, 0.25) is 0 Å². The fourth-order valence-electron chi connectivity index (χ4n) is 3.28. The number of para-hydroxylation sites is 1. The number of carbonyl (C=O) groups is 3. The summed E-state index contributed by atoms with van der Waals surface area (Å²) in [6.07, 6.45) is 1.66. The van der Waals surface area contributed by atoms with Crippen LogP contribution in [-0.2, 0) is 14.3 Å². The molecule has 1 amide bonds. The van der Waals surface area contributed by atoms with Crippen LogP contribution in [0.3, 0.4) is 0 Å². The maximum atomic E-state index is 12.3. The second-order valence-corrected chi connectivity index (χ2v) is 6.86. The van der Waals surface area contributed by atoms with Crippen LogP contribution in [0, 0.1) is 5.92 Å². The topological polar surface area (TPSA) is 66.9 Å². The van der Waals surface area contributed by atoms with Crippen LogP contribution in [0.1, 0.15) is 30.1 Å². The third-order valence-corrected chi connectivity index (χ3v) is 5.05. The highest BCUT2D eigenvalue weighted by molar-refractivity contribution is 9.10. The molecule has 0 aromatic heterocycles. The fraction of sp³-hybridized carbons (Fsp3) is 0.471. The van der Waals surface area contributed by atoms with Crippen molar-refractivity contribution in [3.8, 4) is 0 Å². The highest BCUT2D eigenvalue weighted by Gasteiger charge is 2.39. The molecule has 1 atom stereocenters. The summed E-state index contributed by atoms with van der Waals surface area (Å²) in [5.41, 5.74) is 1.04. The first-order valence-corrected chi connectivity index (χ1v) is 8.86. The van der Waals surface area contributed by atoms with Gasteiger partial charge in [-0.05, 0) is 54.4 Å². The third-order valence-electron chi connectivity index (χ3n) is 4.41. The summed E-state index contributed by atoms with van der Waals surface area (Å²) >= 11 is 3.42. The van der Waals surface area contributed by atoms with Crippen molar-refractivity contribution >= 4 is 39.3 Å². The van der Waals surface area contributed by atoms with Gasteiger partial charge in [0.25, 0.3) is 5.78 Å². The Labute approximate surface area is 148 Å². The van der Waals surface area contributed by atoms with Crippen LogP contribution in [0.5, 0.6) is 0 Å². The van der Waals surface area contributed by atoms with E-state index in [1.54, 1.807) is 19.1 Å². The predicted molar refractivity (Wildman–Crippen MR) is 91.8 cm³/mol. The molecule has 2 aliphatic heterocycles. The molecule has 1 saturated heterocycles. The molecule has 1 aromatic rings. The van der Waals surface area contributed by atoms with Crippen LogP contribution in [0.4, 0.5) is 5.69 Å². The van der Waals surface area contributed by atoms with E-state index in [2.05, 4.69) is 15.9 Å². The van der Waals surface area contributed by atoms with E-state index in [-0.39, 0.29) is 11.9 Å². The third kappa shape index (κ3) is 3.10. The molecule has 1 fully saturated rings. The molecule has 0 aliphatic carbocycles. The van der Waals surface area contributed by atoms with Gasteiger partial charge in [-0.2, -0.15) is 0 Å². The van der Waals surface area contributed by atoms with E-state index < -0.39 is 11.7 Å². The van der Waals surface area contributed by atoms with Gasteiger partial charge < -0.3 is 4.74 Å². The number of piperidine rings is 1. The number of carbonyl (C=O) groups excluding carboxylic acids is 3. The Hall–Kier alpha value is -1.73. The molecular formula is C17H19BrN2O4. The van der Waals surface area contributed by atoms with Gasteiger partial charge in [0.05, 0.1) is 30.4 Å². The summed E-state index contributed by atoms with van der Waals surface area (Å²) in [7, 11) is 0. The van der Waals surface area contributed by atoms with Crippen LogP contribution < -0.4 is 4.90 Å². The quantitative estimate of drug-likeness (QED) is 0.578. The van der Waals surface area contributed by atoms with Gasteiger partial charge in [-0.15, -0.1) is 0 Å². The summed E-state index contributed by atoms with van der Waals surface area (Å²) in [4.78, 5) is 40.0. The Morgan fingerprint density at radius 3 is 2.92 bits per heavy atom. The van der Waals surface area contributed by atoms with E-state index in [4.69, 9.17) is 4.74 Å². The second kappa shape index (κ2) is 7.03. The number of esters is 1. The number of anilines is 1. The molecule has 24 heavy (non-hydrogen) atoms. The van der Waals surface area contributed by atoms with E-state index in [0.29, 0.717) is 31.1 Å². The first kappa shape index (κ1) is 17.1. The van der Waals surface area contributed by atoms with Crippen LogP contribution in [0.25, 0.3) is 0 Å². The molecule has 128 valence electrons. The molecule has 0 unspecified atom stereocenters. The normalized spacial score (nSPS) is 21.1. The molecule has 0 radical (unpaired) electrons. The largest absolute Gasteiger partial charge is 0.466 e. The zero-order valence-corrected chi connectivity index (χ0v) is 15.0. The highest BCUT2D eigenvalue weighted by atomic mass is 79.9. The molecule has 0 saturated carbocycles. The minimum Gasteiger partial charge on any atom is -0.466 e. The monoisotopic (exact) mass is 394 g/mol. The molecular weight excluding hydrogens is 376 g/mol. The van der Waals surface area contributed by atoms with Crippen molar-refractivity contribution in [3.63, 3.8) is 0 Å². The summed E-state index contributed by atoms with van der Waals surface area (Å²) in [5.74, 6) is -1.36. The number of hydrogen-bond acceptors (Lipinski definition) is 5. The lowest BCUT2D eigenvalue weighted by Gasteiger charge is -2.34. The lowest BCUT2D eigenvalue weighted by Crippen LogP contribution is -2.47. The van der Waals surface area contributed by atoms with E-state index in [1.807, 2.05) is 11.0 Å². The van der Waals surface area contributed by atoms with Crippen molar-refractivity contribution in [1.82, 2.24) is 4.90 Å². The van der Waals surface area contributed by atoms with E-state index in [0.717, 1.165) is 23.9 Å². The maximum absolute atomic E-state index is 12.3. The first-order chi connectivity index (χ1) is 11.5. The fourth-order valence-corrected chi connectivity index (χ4v) is 3.86. The number of rotatable bonds is 4. The van der Waals surface area contributed by atoms with Gasteiger partial charge in [0.15, 0.2) is 0 Å². The molecule has 2 aliphatic rings. The van der Waals surface area contributed by atoms with Crippen LogP contribution >= 0.6 is 15.9 Å². The second-order valence-electron chi connectivity index (χ2n) is 6.01. The number of ether oxygens (including phenoxy) is 1. The molecule has 0 bridgehead atoms. The maximum Gasteiger partial charge on any atom is 0.310 e. The zero-order chi connectivity index (χ0) is 17.3. The number of benzene rings is 1. The number of amides is 1. The smallest absolute Gasteiger partial charge is 0.310 e. The standard InChI is InChI=1S/C17H19BrN2O4/c1-2-24-17(23)11-5-4-8-19(9-11)10-20-14-12(15(21)16(20)22)6-3-7-13(14)18/h3,6-7,11H,2,4-5,8-10H2,1H3/t11-/m0/s1. The molecule has 1 aromatic carbocycles. The minimum atomic E-state index is -0.518. The zero-order valence-electron chi connectivity index (χ0n) is 13.5. The Morgan fingerprint density at radius 2 is 2.17 bits per heavy atom. The van der Waals surface area contributed by atoms with Gasteiger partial charge in [-0.3, -0.25) is 24.2 Å². The van der Waals surface area contributed by atoms with Gasteiger partial charge >= 0.3 is 11.9 Å². The van der Waals surface area contributed by atoms with Gasteiger partial charge in [-0.25, -0.2) is 0 Å². The Bertz CT molecular complexity index is 691. The van der Waals surface area contributed by atoms with Crippen molar-refractivity contribution in [2.24, 2.45) is 5.92 Å². The SMILES string of the molecule is CCOC(=O)[C@H]1CCCN(CN2C(=O)C(=O)c3cccc(Br)c32)C1.